The molecule has 0 fully saturated rings. The van der Waals surface area contributed by atoms with Crippen LogP contribution in [0.5, 0.6) is 0 Å². The zero-order chi connectivity index (χ0) is 21.5. The van der Waals surface area contributed by atoms with E-state index in [1.807, 2.05) is 54.7 Å². The van der Waals surface area contributed by atoms with Gasteiger partial charge in [-0.25, -0.2) is 0 Å². The van der Waals surface area contributed by atoms with Gasteiger partial charge in [-0.3, -0.25) is 9.59 Å². The van der Waals surface area contributed by atoms with Crippen LogP contribution in [-0.2, 0) is 4.79 Å². The topological polar surface area (TPSA) is 74.0 Å². The van der Waals surface area contributed by atoms with E-state index in [4.69, 9.17) is 0 Å². The van der Waals surface area contributed by atoms with E-state index in [1.54, 1.807) is 12.1 Å². The van der Waals surface area contributed by atoms with Crippen molar-refractivity contribution in [3.8, 4) is 0 Å². The molecule has 31 heavy (non-hydrogen) atoms. The lowest BCUT2D eigenvalue weighted by Crippen LogP contribution is -2.33. The summed E-state index contributed by atoms with van der Waals surface area (Å²) in [6.07, 6.45) is 2.25. The van der Waals surface area contributed by atoms with Crippen LogP contribution in [0.3, 0.4) is 0 Å². The number of nitrogens with one attached hydrogen (secondary N) is 3. The monoisotopic (exact) mass is 411 g/mol. The summed E-state index contributed by atoms with van der Waals surface area (Å²) in [5.41, 5.74) is 3.96. The Hall–Kier alpha value is -3.86. The Balaban J connectivity index is 1.39. The molecule has 0 bridgehead atoms. The van der Waals surface area contributed by atoms with Gasteiger partial charge in [-0.1, -0.05) is 66.7 Å². The molecule has 1 heterocycles. The quantitative estimate of drug-likeness (QED) is 0.406. The van der Waals surface area contributed by atoms with E-state index >= 15 is 0 Å². The Kier molecular flexibility index (Phi) is 6.43. The summed E-state index contributed by atoms with van der Waals surface area (Å²) in [7, 11) is 0. The first kappa shape index (κ1) is 20.4. The number of amides is 2. The predicted molar refractivity (Wildman–Crippen MR) is 123 cm³/mol. The number of hydrogen-bond donors (Lipinski definition) is 3. The third kappa shape index (κ3) is 5.01. The molecule has 4 aromatic rings. The van der Waals surface area contributed by atoms with E-state index in [9.17, 15) is 9.59 Å². The smallest absolute Gasteiger partial charge is 0.251 e. The first-order valence-corrected chi connectivity index (χ1v) is 10.4. The van der Waals surface area contributed by atoms with Crippen molar-refractivity contribution in [1.29, 1.82) is 0 Å². The molecule has 0 saturated carbocycles. The van der Waals surface area contributed by atoms with Crippen LogP contribution in [0.2, 0.25) is 0 Å². The zero-order valence-electron chi connectivity index (χ0n) is 17.2. The summed E-state index contributed by atoms with van der Waals surface area (Å²) in [6.45, 7) is 0.778. The summed E-state index contributed by atoms with van der Waals surface area (Å²) >= 11 is 0. The van der Waals surface area contributed by atoms with Crippen LogP contribution in [0.4, 0.5) is 0 Å². The molecule has 3 aromatic carbocycles. The maximum Gasteiger partial charge on any atom is 0.251 e. The van der Waals surface area contributed by atoms with Gasteiger partial charge in [0.2, 0.25) is 5.91 Å². The number of H-pyrrole nitrogens is 1. The largest absolute Gasteiger partial charge is 0.361 e. The van der Waals surface area contributed by atoms with Crippen molar-refractivity contribution in [3.63, 3.8) is 0 Å². The Morgan fingerprint density at radius 3 is 2.26 bits per heavy atom. The summed E-state index contributed by atoms with van der Waals surface area (Å²) in [4.78, 5) is 27.9. The van der Waals surface area contributed by atoms with Crippen molar-refractivity contribution in [3.05, 3.63) is 108 Å². The van der Waals surface area contributed by atoms with Gasteiger partial charge in [-0.05, 0) is 29.3 Å². The van der Waals surface area contributed by atoms with Gasteiger partial charge >= 0.3 is 0 Å². The van der Waals surface area contributed by atoms with Crippen molar-refractivity contribution in [1.82, 2.24) is 15.6 Å². The molecule has 0 radical (unpaired) electrons. The maximum absolute atomic E-state index is 12.5. The molecule has 3 N–H and O–H groups in total. The molecule has 1 atom stereocenters. The van der Waals surface area contributed by atoms with E-state index < -0.39 is 0 Å². The Morgan fingerprint density at radius 2 is 1.48 bits per heavy atom. The highest BCUT2D eigenvalue weighted by atomic mass is 16.2. The molecule has 0 aliphatic heterocycles. The molecule has 0 aliphatic rings. The fourth-order valence-corrected chi connectivity index (χ4v) is 3.76. The van der Waals surface area contributed by atoms with Crippen LogP contribution in [-0.4, -0.2) is 29.9 Å². The first-order chi connectivity index (χ1) is 15.2. The normalized spacial score (nSPS) is 11.7. The minimum Gasteiger partial charge on any atom is -0.361 e. The predicted octanol–water partition coefficient (Wildman–Crippen LogP) is 4.24. The molecule has 0 spiro atoms. The Morgan fingerprint density at radius 1 is 0.806 bits per heavy atom. The fraction of sp³-hybridized carbons (Fsp3) is 0.154. The van der Waals surface area contributed by atoms with E-state index in [2.05, 4.69) is 39.9 Å². The van der Waals surface area contributed by atoms with Crippen molar-refractivity contribution in [2.75, 3.05) is 13.1 Å². The van der Waals surface area contributed by atoms with Crippen molar-refractivity contribution in [2.24, 2.45) is 0 Å². The van der Waals surface area contributed by atoms with Crippen molar-refractivity contribution in [2.45, 2.75) is 12.3 Å². The highest BCUT2D eigenvalue weighted by Crippen LogP contribution is 2.30. The van der Waals surface area contributed by atoms with Crippen LogP contribution in [0.25, 0.3) is 10.9 Å². The number of carbonyl (C=O) groups is 2. The number of aromatic amines is 1. The third-order valence-electron chi connectivity index (χ3n) is 5.38. The SMILES string of the molecule is O=C(CCNC(=O)c1ccccc1)NC[C@@H](c1ccccc1)c1c[nH]c2ccccc12. The number of benzene rings is 3. The molecule has 4 rings (SSSR count). The molecule has 5 nitrogen and oxygen atoms in total. The minimum atomic E-state index is -0.172. The molecule has 5 heteroatoms. The minimum absolute atomic E-state index is 0.0280. The molecule has 0 aliphatic carbocycles. The number of fused-ring (bicyclic) bond motifs is 1. The fourth-order valence-electron chi connectivity index (χ4n) is 3.76. The summed E-state index contributed by atoms with van der Waals surface area (Å²) in [5.74, 6) is -0.233. The van der Waals surface area contributed by atoms with E-state index in [0.29, 0.717) is 18.7 Å². The lowest BCUT2D eigenvalue weighted by molar-refractivity contribution is -0.120. The van der Waals surface area contributed by atoms with Gasteiger partial charge < -0.3 is 15.6 Å². The summed E-state index contributed by atoms with van der Waals surface area (Å²) < 4.78 is 0. The maximum atomic E-state index is 12.5. The van der Waals surface area contributed by atoms with Gasteiger partial charge in [0.1, 0.15) is 0 Å². The zero-order valence-corrected chi connectivity index (χ0v) is 17.2. The average Bonchev–Trinajstić information content (AvgIpc) is 3.24. The molecule has 0 unspecified atom stereocenters. The summed E-state index contributed by atoms with van der Waals surface area (Å²) in [6, 6.07) is 27.3. The number of carbonyl (C=O) groups excluding carboxylic acids is 2. The summed E-state index contributed by atoms with van der Waals surface area (Å²) in [5, 5.41) is 6.99. The van der Waals surface area contributed by atoms with E-state index in [0.717, 1.165) is 22.0 Å². The Bertz CT molecular complexity index is 1150. The second-order valence-corrected chi connectivity index (χ2v) is 7.43. The van der Waals surface area contributed by atoms with Gasteiger partial charge in [0.15, 0.2) is 0 Å². The van der Waals surface area contributed by atoms with E-state index in [-0.39, 0.29) is 24.2 Å². The number of rotatable bonds is 8. The highest BCUT2D eigenvalue weighted by molar-refractivity contribution is 5.94. The number of para-hydroxylation sites is 1. The van der Waals surface area contributed by atoms with Gasteiger partial charge in [0.05, 0.1) is 0 Å². The average molecular weight is 412 g/mol. The molecular formula is C26H25N3O2. The highest BCUT2D eigenvalue weighted by Gasteiger charge is 2.19. The van der Waals surface area contributed by atoms with E-state index in [1.165, 1.54) is 0 Å². The third-order valence-corrected chi connectivity index (χ3v) is 5.38. The number of hydrogen-bond acceptors (Lipinski definition) is 2. The van der Waals surface area contributed by atoms with Crippen molar-refractivity contribution >= 4 is 22.7 Å². The molecule has 0 saturated heterocycles. The lowest BCUT2D eigenvalue weighted by Gasteiger charge is -2.18. The Labute approximate surface area is 181 Å². The second kappa shape index (κ2) is 9.76. The lowest BCUT2D eigenvalue weighted by atomic mass is 9.91. The van der Waals surface area contributed by atoms with Gasteiger partial charge in [-0.15, -0.1) is 0 Å². The van der Waals surface area contributed by atoms with Gasteiger partial charge in [0.25, 0.3) is 5.91 Å². The van der Waals surface area contributed by atoms with Crippen molar-refractivity contribution < 1.29 is 9.59 Å². The van der Waals surface area contributed by atoms with Crippen LogP contribution in [0.15, 0.2) is 91.1 Å². The van der Waals surface area contributed by atoms with Crippen LogP contribution < -0.4 is 10.6 Å². The number of aromatic nitrogens is 1. The molecule has 2 amide bonds. The van der Waals surface area contributed by atoms with Crippen LogP contribution in [0, 0.1) is 0 Å². The molecule has 156 valence electrons. The van der Waals surface area contributed by atoms with Gasteiger partial charge in [-0.2, -0.15) is 0 Å². The first-order valence-electron chi connectivity index (χ1n) is 10.4. The van der Waals surface area contributed by atoms with Gasteiger partial charge in [0, 0.05) is 48.1 Å². The molecular weight excluding hydrogens is 386 g/mol. The molecule has 1 aromatic heterocycles. The second-order valence-electron chi connectivity index (χ2n) is 7.43. The standard InChI is InChI=1S/C26H25N3O2/c30-25(15-16-27-26(31)20-11-5-2-6-12-20)29-17-22(19-9-3-1-4-10-19)23-18-28-24-14-8-7-13-21(23)24/h1-14,18,22,28H,15-17H2,(H,27,31)(H,29,30)/t22-/m0/s1. The van der Waals surface area contributed by atoms with Crippen LogP contribution >= 0.6 is 0 Å². The van der Waals surface area contributed by atoms with Crippen LogP contribution in [0.1, 0.15) is 33.8 Å².